The molecule has 0 fully saturated rings. The summed E-state index contributed by atoms with van der Waals surface area (Å²) in [5, 5.41) is 0. The van der Waals surface area contributed by atoms with Crippen molar-refractivity contribution in [3.63, 3.8) is 0 Å². The fourth-order valence-electron chi connectivity index (χ4n) is 1.81. The highest BCUT2D eigenvalue weighted by atomic mass is 19.4. The largest absolute Gasteiger partial charge is 0.419 e. The molecular weight excluding hydrogens is 274 g/mol. The van der Waals surface area contributed by atoms with Crippen LogP contribution in [0.5, 0.6) is 0 Å². The number of amides is 1. The second-order valence-corrected chi connectivity index (χ2v) is 4.43. The summed E-state index contributed by atoms with van der Waals surface area (Å²) in [4.78, 5) is 13.6. The van der Waals surface area contributed by atoms with Crippen molar-refractivity contribution in [3.05, 3.63) is 35.1 Å². The molecule has 0 aromatic heterocycles. The first-order valence-electron chi connectivity index (χ1n) is 6.47. The van der Waals surface area contributed by atoms with E-state index in [-0.39, 0.29) is 5.56 Å². The Hall–Kier alpha value is -1.59. The van der Waals surface area contributed by atoms with Gasteiger partial charge in [-0.15, -0.1) is 0 Å². The molecule has 1 aromatic rings. The van der Waals surface area contributed by atoms with Crippen LogP contribution in [0.1, 0.15) is 42.6 Å². The Morgan fingerprint density at radius 3 is 2.40 bits per heavy atom. The summed E-state index contributed by atoms with van der Waals surface area (Å²) in [5.41, 5.74) is -1.55. The summed E-state index contributed by atoms with van der Waals surface area (Å²) in [6.07, 6.45) is -3.16. The number of hydrogen-bond donors (Lipinski definition) is 0. The lowest BCUT2D eigenvalue weighted by Crippen LogP contribution is -2.32. The number of halogens is 4. The van der Waals surface area contributed by atoms with Crippen molar-refractivity contribution < 1.29 is 22.4 Å². The van der Waals surface area contributed by atoms with Crippen molar-refractivity contribution in [2.45, 2.75) is 32.9 Å². The van der Waals surface area contributed by atoms with Crippen LogP contribution in [0.4, 0.5) is 17.6 Å². The molecule has 1 aromatic carbocycles. The van der Waals surface area contributed by atoms with Crippen LogP contribution < -0.4 is 0 Å². The number of alkyl halides is 3. The van der Waals surface area contributed by atoms with Gasteiger partial charge in [0.15, 0.2) is 0 Å². The van der Waals surface area contributed by atoms with Gasteiger partial charge in [-0.3, -0.25) is 4.79 Å². The standard InChI is InChI=1S/C14H17F4NO/c1-3-5-8-19(4-2)13(20)10-6-7-12(15)11(9-10)14(16,17)18/h6-7,9H,3-5,8H2,1-2H3. The van der Waals surface area contributed by atoms with Crippen molar-refractivity contribution in [3.8, 4) is 0 Å². The van der Waals surface area contributed by atoms with E-state index in [4.69, 9.17) is 0 Å². The molecule has 0 atom stereocenters. The maximum absolute atomic E-state index is 13.2. The average Bonchev–Trinajstić information content (AvgIpc) is 2.38. The first kappa shape index (κ1) is 16.5. The lowest BCUT2D eigenvalue weighted by Gasteiger charge is -2.21. The molecule has 0 saturated carbocycles. The summed E-state index contributed by atoms with van der Waals surface area (Å²) in [5.74, 6) is -1.88. The van der Waals surface area contributed by atoms with Gasteiger partial charge in [0.05, 0.1) is 5.56 Å². The molecule has 0 unspecified atom stereocenters. The van der Waals surface area contributed by atoms with Gasteiger partial charge >= 0.3 is 6.18 Å². The fraction of sp³-hybridized carbons (Fsp3) is 0.500. The number of carbonyl (C=O) groups excluding carboxylic acids is 1. The molecule has 1 amide bonds. The van der Waals surface area contributed by atoms with Gasteiger partial charge in [-0.1, -0.05) is 13.3 Å². The molecule has 0 aliphatic carbocycles. The lowest BCUT2D eigenvalue weighted by atomic mass is 10.1. The summed E-state index contributed by atoms with van der Waals surface area (Å²) in [6, 6.07) is 2.34. The zero-order valence-electron chi connectivity index (χ0n) is 11.4. The van der Waals surface area contributed by atoms with Crippen LogP contribution in [0, 0.1) is 5.82 Å². The van der Waals surface area contributed by atoms with Crippen molar-refractivity contribution in [1.29, 1.82) is 0 Å². The van der Waals surface area contributed by atoms with Crippen molar-refractivity contribution in [2.24, 2.45) is 0 Å². The third-order valence-electron chi connectivity index (χ3n) is 2.97. The molecule has 1 rings (SSSR count). The third kappa shape index (κ3) is 3.95. The molecule has 0 aliphatic heterocycles. The SMILES string of the molecule is CCCCN(CC)C(=O)c1ccc(F)c(C(F)(F)F)c1. The molecule has 20 heavy (non-hydrogen) atoms. The Morgan fingerprint density at radius 2 is 1.90 bits per heavy atom. The highest BCUT2D eigenvalue weighted by molar-refractivity contribution is 5.94. The Kier molecular flexibility index (Phi) is 5.53. The summed E-state index contributed by atoms with van der Waals surface area (Å²) in [6.45, 7) is 4.59. The van der Waals surface area contributed by atoms with E-state index in [2.05, 4.69) is 0 Å². The van der Waals surface area contributed by atoms with Crippen molar-refractivity contribution in [2.75, 3.05) is 13.1 Å². The van der Waals surface area contributed by atoms with Crippen molar-refractivity contribution >= 4 is 5.91 Å². The summed E-state index contributed by atoms with van der Waals surface area (Å²) in [7, 11) is 0. The normalized spacial score (nSPS) is 11.5. The minimum absolute atomic E-state index is 0.142. The van der Waals surface area contributed by atoms with E-state index in [1.807, 2.05) is 6.92 Å². The quantitative estimate of drug-likeness (QED) is 0.748. The van der Waals surface area contributed by atoms with E-state index in [0.717, 1.165) is 18.9 Å². The molecule has 2 nitrogen and oxygen atoms in total. The zero-order chi connectivity index (χ0) is 15.3. The number of benzene rings is 1. The predicted molar refractivity (Wildman–Crippen MR) is 67.9 cm³/mol. The monoisotopic (exact) mass is 291 g/mol. The van der Waals surface area contributed by atoms with Crippen LogP contribution in [0.2, 0.25) is 0 Å². The molecule has 0 N–H and O–H groups in total. The Balaban J connectivity index is 3.04. The van der Waals surface area contributed by atoms with E-state index in [9.17, 15) is 22.4 Å². The molecular formula is C14H17F4NO. The van der Waals surface area contributed by atoms with E-state index in [0.29, 0.717) is 25.2 Å². The molecule has 6 heteroatoms. The number of hydrogen-bond acceptors (Lipinski definition) is 1. The molecule has 0 spiro atoms. The van der Waals surface area contributed by atoms with Crippen LogP contribution in [-0.4, -0.2) is 23.9 Å². The van der Waals surface area contributed by atoms with Crippen molar-refractivity contribution in [1.82, 2.24) is 4.90 Å². The van der Waals surface area contributed by atoms with Gasteiger partial charge < -0.3 is 4.90 Å². The maximum Gasteiger partial charge on any atom is 0.419 e. The van der Waals surface area contributed by atoms with E-state index < -0.39 is 23.5 Å². The van der Waals surface area contributed by atoms with Gasteiger partial charge in [-0.25, -0.2) is 4.39 Å². The van der Waals surface area contributed by atoms with Gasteiger partial charge in [0.25, 0.3) is 5.91 Å². The second kappa shape index (κ2) is 6.72. The third-order valence-corrected chi connectivity index (χ3v) is 2.97. The Bertz CT molecular complexity index is 471. The number of unbranched alkanes of at least 4 members (excludes halogenated alkanes) is 1. The van der Waals surface area contributed by atoms with Crippen LogP contribution in [0.3, 0.4) is 0 Å². The number of rotatable bonds is 5. The topological polar surface area (TPSA) is 20.3 Å². The molecule has 0 heterocycles. The van der Waals surface area contributed by atoms with E-state index in [1.165, 1.54) is 4.90 Å². The number of nitrogens with zero attached hydrogens (tertiary/aromatic N) is 1. The van der Waals surface area contributed by atoms with Crippen LogP contribution in [0.15, 0.2) is 18.2 Å². The predicted octanol–water partition coefficient (Wildman–Crippen LogP) is 4.11. The van der Waals surface area contributed by atoms with E-state index in [1.54, 1.807) is 6.92 Å². The minimum Gasteiger partial charge on any atom is -0.339 e. The zero-order valence-corrected chi connectivity index (χ0v) is 11.4. The molecule has 0 saturated heterocycles. The smallest absolute Gasteiger partial charge is 0.339 e. The minimum atomic E-state index is -4.80. The molecule has 112 valence electrons. The first-order chi connectivity index (χ1) is 9.31. The van der Waals surface area contributed by atoms with Gasteiger partial charge in [0.2, 0.25) is 0 Å². The lowest BCUT2D eigenvalue weighted by molar-refractivity contribution is -0.140. The van der Waals surface area contributed by atoms with Gasteiger partial charge in [-0.2, -0.15) is 13.2 Å². The second-order valence-electron chi connectivity index (χ2n) is 4.43. The summed E-state index contributed by atoms with van der Waals surface area (Å²) >= 11 is 0. The average molecular weight is 291 g/mol. The van der Waals surface area contributed by atoms with Gasteiger partial charge in [0, 0.05) is 18.7 Å². The van der Waals surface area contributed by atoms with Gasteiger partial charge in [0.1, 0.15) is 5.82 Å². The highest BCUT2D eigenvalue weighted by Gasteiger charge is 2.34. The summed E-state index contributed by atoms with van der Waals surface area (Å²) < 4.78 is 51.0. The maximum atomic E-state index is 13.2. The molecule has 0 aliphatic rings. The van der Waals surface area contributed by atoms with Crippen LogP contribution in [0.25, 0.3) is 0 Å². The first-order valence-corrected chi connectivity index (χ1v) is 6.47. The molecule has 0 bridgehead atoms. The van der Waals surface area contributed by atoms with Crippen LogP contribution >= 0.6 is 0 Å². The highest BCUT2D eigenvalue weighted by Crippen LogP contribution is 2.32. The number of carbonyl (C=O) groups is 1. The van der Waals surface area contributed by atoms with Gasteiger partial charge in [-0.05, 0) is 31.5 Å². The Labute approximate surface area is 115 Å². The van der Waals surface area contributed by atoms with Crippen LogP contribution in [-0.2, 0) is 6.18 Å². The fourth-order valence-corrected chi connectivity index (χ4v) is 1.81. The van der Waals surface area contributed by atoms with E-state index >= 15 is 0 Å². The Morgan fingerprint density at radius 1 is 1.25 bits per heavy atom. The molecule has 0 radical (unpaired) electrons.